The van der Waals surface area contributed by atoms with Gasteiger partial charge in [-0.15, -0.1) is 0 Å². The van der Waals surface area contributed by atoms with Crippen molar-refractivity contribution in [2.24, 2.45) is 5.41 Å². The van der Waals surface area contributed by atoms with E-state index in [4.69, 9.17) is 4.74 Å². The monoisotopic (exact) mass is 216 g/mol. The van der Waals surface area contributed by atoms with Crippen LogP contribution in [0.5, 0.6) is 0 Å². The van der Waals surface area contributed by atoms with Crippen molar-refractivity contribution in [3.05, 3.63) is 12.3 Å². The maximum atomic E-state index is 11.4. The van der Waals surface area contributed by atoms with Crippen molar-refractivity contribution >= 4 is 10.8 Å². The van der Waals surface area contributed by atoms with Crippen LogP contribution in [0.2, 0.25) is 0 Å². The largest absolute Gasteiger partial charge is 0.502 e. The lowest BCUT2D eigenvalue weighted by atomic mass is 9.84. The molecule has 0 bridgehead atoms. The van der Waals surface area contributed by atoms with Gasteiger partial charge in [0.1, 0.15) is 0 Å². The van der Waals surface area contributed by atoms with Crippen molar-refractivity contribution in [3.8, 4) is 0 Å². The maximum Gasteiger partial charge on any atom is 0.0878 e. The first-order valence-corrected chi connectivity index (χ1v) is 6.73. The average molecular weight is 216 g/mol. The van der Waals surface area contributed by atoms with E-state index in [9.17, 15) is 4.21 Å². The summed E-state index contributed by atoms with van der Waals surface area (Å²) in [5, 5.41) is 0. The molecule has 0 radical (unpaired) electrons. The summed E-state index contributed by atoms with van der Waals surface area (Å²) in [4.78, 5) is 0. The smallest absolute Gasteiger partial charge is 0.0878 e. The Balaban J connectivity index is 2.29. The minimum atomic E-state index is -0.590. The third-order valence-electron chi connectivity index (χ3n) is 2.72. The molecule has 0 aromatic carbocycles. The van der Waals surface area contributed by atoms with Gasteiger partial charge < -0.3 is 4.74 Å². The van der Waals surface area contributed by atoms with Crippen molar-refractivity contribution < 1.29 is 8.95 Å². The molecule has 82 valence electrons. The van der Waals surface area contributed by atoms with Crippen molar-refractivity contribution in [1.29, 1.82) is 0 Å². The van der Waals surface area contributed by atoms with Crippen LogP contribution in [0.3, 0.4) is 0 Å². The summed E-state index contributed by atoms with van der Waals surface area (Å²) in [7, 11) is -0.590. The molecule has 0 aromatic rings. The van der Waals surface area contributed by atoms with Crippen molar-refractivity contribution in [2.75, 3.05) is 18.1 Å². The van der Waals surface area contributed by atoms with Crippen LogP contribution in [0.25, 0.3) is 0 Å². The van der Waals surface area contributed by atoms with Crippen LogP contribution in [0.1, 0.15) is 33.1 Å². The predicted octanol–water partition coefficient (Wildman–Crippen LogP) is 2.48. The third-order valence-corrected chi connectivity index (χ3v) is 4.48. The molecule has 2 nitrogen and oxygen atoms in total. The van der Waals surface area contributed by atoms with Crippen LogP contribution in [0.4, 0.5) is 0 Å². The standard InChI is InChI=1S/C11H20O2S/c1-3-7-13-8-6-11(2)5-4-9-14(12)10-11/h3,7H,4-6,8-10H2,1-2H3/b7-3+. The Morgan fingerprint density at radius 1 is 1.57 bits per heavy atom. The minimum absolute atomic E-state index is 0.241. The molecule has 1 aliphatic heterocycles. The average Bonchev–Trinajstić information content (AvgIpc) is 2.12. The Kier molecular flexibility index (Phi) is 4.66. The fourth-order valence-electron chi connectivity index (χ4n) is 1.86. The zero-order valence-corrected chi connectivity index (χ0v) is 9.94. The highest BCUT2D eigenvalue weighted by atomic mass is 32.2. The van der Waals surface area contributed by atoms with Gasteiger partial charge in [0.15, 0.2) is 0 Å². The molecule has 1 fully saturated rings. The van der Waals surface area contributed by atoms with Gasteiger partial charge >= 0.3 is 0 Å². The van der Waals surface area contributed by atoms with E-state index in [1.165, 1.54) is 6.42 Å². The number of ether oxygens (including phenoxy) is 1. The zero-order chi connectivity index (χ0) is 10.4. The summed E-state index contributed by atoms with van der Waals surface area (Å²) >= 11 is 0. The summed E-state index contributed by atoms with van der Waals surface area (Å²) in [6, 6.07) is 0. The molecule has 0 aliphatic carbocycles. The first-order valence-electron chi connectivity index (χ1n) is 5.24. The molecule has 1 heterocycles. The van der Waals surface area contributed by atoms with Crippen molar-refractivity contribution in [3.63, 3.8) is 0 Å². The topological polar surface area (TPSA) is 26.3 Å². The molecule has 2 atom stereocenters. The van der Waals surface area contributed by atoms with Crippen LogP contribution >= 0.6 is 0 Å². The molecule has 0 spiro atoms. The van der Waals surface area contributed by atoms with Crippen LogP contribution < -0.4 is 0 Å². The van der Waals surface area contributed by atoms with Gasteiger partial charge in [0.2, 0.25) is 0 Å². The first-order chi connectivity index (χ1) is 6.66. The van der Waals surface area contributed by atoms with E-state index in [1.807, 2.05) is 13.0 Å². The molecular formula is C11H20O2S. The van der Waals surface area contributed by atoms with Crippen molar-refractivity contribution in [2.45, 2.75) is 33.1 Å². The Labute approximate surface area is 89.2 Å². The van der Waals surface area contributed by atoms with E-state index in [0.717, 1.165) is 31.0 Å². The van der Waals surface area contributed by atoms with Gasteiger partial charge in [-0.25, -0.2) is 0 Å². The predicted molar refractivity (Wildman–Crippen MR) is 60.6 cm³/mol. The molecule has 2 unspecified atom stereocenters. The van der Waals surface area contributed by atoms with Gasteiger partial charge in [0, 0.05) is 22.3 Å². The number of hydrogen-bond acceptors (Lipinski definition) is 2. The highest BCUT2D eigenvalue weighted by molar-refractivity contribution is 7.85. The van der Waals surface area contributed by atoms with E-state index in [1.54, 1.807) is 6.26 Å². The lowest BCUT2D eigenvalue weighted by Gasteiger charge is -2.32. The summed E-state index contributed by atoms with van der Waals surface area (Å²) in [5.41, 5.74) is 0.241. The number of rotatable bonds is 4. The second kappa shape index (κ2) is 5.54. The van der Waals surface area contributed by atoms with Gasteiger partial charge in [0.05, 0.1) is 12.9 Å². The van der Waals surface area contributed by atoms with Crippen LogP contribution in [-0.4, -0.2) is 22.3 Å². The van der Waals surface area contributed by atoms with E-state index in [2.05, 4.69) is 6.92 Å². The molecule has 1 aliphatic rings. The van der Waals surface area contributed by atoms with Crippen molar-refractivity contribution in [1.82, 2.24) is 0 Å². The summed E-state index contributed by atoms with van der Waals surface area (Å²) < 4.78 is 16.7. The fourth-order valence-corrected chi connectivity index (χ4v) is 3.54. The van der Waals surface area contributed by atoms with E-state index < -0.39 is 10.8 Å². The Hall–Kier alpha value is -0.310. The summed E-state index contributed by atoms with van der Waals surface area (Å²) in [5.74, 6) is 1.75. The highest BCUT2D eigenvalue weighted by Crippen LogP contribution is 2.32. The fraction of sp³-hybridized carbons (Fsp3) is 0.818. The lowest BCUT2D eigenvalue weighted by Crippen LogP contribution is -2.31. The number of allylic oxidation sites excluding steroid dienone is 1. The second-order valence-electron chi connectivity index (χ2n) is 4.29. The molecular weight excluding hydrogens is 196 g/mol. The Morgan fingerprint density at radius 3 is 3.00 bits per heavy atom. The minimum Gasteiger partial charge on any atom is -0.502 e. The van der Waals surface area contributed by atoms with Gasteiger partial charge in [-0.2, -0.15) is 0 Å². The van der Waals surface area contributed by atoms with E-state index >= 15 is 0 Å². The van der Waals surface area contributed by atoms with Crippen LogP contribution in [0.15, 0.2) is 12.3 Å². The van der Waals surface area contributed by atoms with E-state index in [0.29, 0.717) is 0 Å². The van der Waals surface area contributed by atoms with Crippen LogP contribution in [-0.2, 0) is 15.5 Å². The third kappa shape index (κ3) is 3.82. The second-order valence-corrected chi connectivity index (χ2v) is 5.87. The molecule has 14 heavy (non-hydrogen) atoms. The molecule has 1 saturated heterocycles. The number of hydrogen-bond donors (Lipinski definition) is 0. The normalized spacial score (nSPS) is 33.4. The molecule has 1 rings (SSSR count). The van der Waals surface area contributed by atoms with Gasteiger partial charge in [-0.1, -0.05) is 13.0 Å². The quantitative estimate of drug-likeness (QED) is 0.533. The Bertz CT molecular complexity index is 225. The van der Waals surface area contributed by atoms with Crippen LogP contribution in [0, 0.1) is 5.41 Å². The SMILES string of the molecule is C/C=C/OCCC1(C)CCCS(=O)C1. The van der Waals surface area contributed by atoms with E-state index in [-0.39, 0.29) is 5.41 Å². The first kappa shape index (κ1) is 11.8. The molecule has 0 saturated carbocycles. The molecule has 0 amide bonds. The molecule has 0 aromatic heterocycles. The zero-order valence-electron chi connectivity index (χ0n) is 9.12. The molecule has 0 N–H and O–H groups in total. The Morgan fingerprint density at radius 2 is 2.36 bits per heavy atom. The summed E-state index contributed by atoms with van der Waals surface area (Å²) in [6.45, 7) is 4.92. The van der Waals surface area contributed by atoms with Gasteiger partial charge in [-0.05, 0) is 31.6 Å². The highest BCUT2D eigenvalue weighted by Gasteiger charge is 2.30. The molecule has 3 heteroatoms. The van der Waals surface area contributed by atoms with Gasteiger partial charge in [-0.3, -0.25) is 4.21 Å². The summed E-state index contributed by atoms with van der Waals surface area (Å²) in [6.07, 6.45) is 6.93. The maximum absolute atomic E-state index is 11.4. The lowest BCUT2D eigenvalue weighted by molar-refractivity contribution is 0.179. The van der Waals surface area contributed by atoms with Gasteiger partial charge in [0.25, 0.3) is 0 Å².